The van der Waals surface area contributed by atoms with Crippen LogP contribution in [0.5, 0.6) is 11.5 Å². The molecular weight excluding hydrogens is 843 g/mol. The number of hydrogen-bond acceptors (Lipinski definition) is 13. The molecule has 2 aliphatic heterocycles. The maximum Gasteiger partial charge on any atom is 0.296 e. The van der Waals surface area contributed by atoms with Crippen LogP contribution in [0.3, 0.4) is 0 Å². The van der Waals surface area contributed by atoms with Crippen LogP contribution in [0.4, 0.5) is 6.01 Å². The Morgan fingerprint density at radius 3 is 2.62 bits per heavy atom. The number of methoxy groups -OCH3 is 1. The van der Waals surface area contributed by atoms with E-state index in [2.05, 4.69) is 34.2 Å². The predicted molar refractivity (Wildman–Crippen MR) is 240 cm³/mol. The number of thiazole rings is 1. The maximum atomic E-state index is 15.0. The number of fused-ring (bicyclic) bond motifs is 4. The fraction of sp³-hybridized carbons (Fsp3) is 0.478. The van der Waals surface area contributed by atoms with Crippen molar-refractivity contribution < 1.29 is 36.7 Å². The molecule has 3 amide bonds. The Morgan fingerprint density at radius 1 is 1.06 bits per heavy atom. The van der Waals surface area contributed by atoms with Gasteiger partial charge in [-0.2, -0.15) is 4.98 Å². The van der Waals surface area contributed by atoms with Crippen molar-refractivity contribution in [2.24, 2.45) is 5.92 Å². The summed E-state index contributed by atoms with van der Waals surface area (Å²) in [7, 11) is -2.39. The molecule has 2 aliphatic carbocycles. The van der Waals surface area contributed by atoms with Gasteiger partial charge in [0.15, 0.2) is 5.58 Å². The number of nitrogens with one attached hydrogen (secondary N) is 3. The largest absolute Gasteiger partial charge is 0.496 e. The average Bonchev–Trinajstić information content (AvgIpc) is 3.90. The molecule has 5 atom stereocenters. The lowest BCUT2D eigenvalue weighted by Crippen LogP contribution is -2.58. The van der Waals surface area contributed by atoms with Gasteiger partial charge in [-0.05, 0) is 82.6 Å². The molecule has 332 valence electrons. The van der Waals surface area contributed by atoms with E-state index in [1.165, 1.54) is 16.2 Å². The summed E-state index contributed by atoms with van der Waals surface area (Å²) in [5, 5.41) is 9.72. The highest BCUT2D eigenvalue weighted by molar-refractivity contribution is 7.91. The lowest BCUT2D eigenvalue weighted by atomic mass is 10.0. The molecule has 0 radical (unpaired) electrons. The van der Waals surface area contributed by atoms with Crippen LogP contribution >= 0.6 is 11.3 Å². The molecule has 2 aromatic carbocycles. The number of aromatic nitrogens is 3. The Bertz CT molecular complexity index is 2710. The number of carbonyl (C=O) groups excluding carboxylic acids is 3. The van der Waals surface area contributed by atoms with Crippen LogP contribution in [0.1, 0.15) is 95.7 Å². The number of sulfonamides is 1. The summed E-state index contributed by atoms with van der Waals surface area (Å²) < 4.78 is 46.5. The summed E-state index contributed by atoms with van der Waals surface area (Å²) in [6.45, 7) is 7.76. The van der Waals surface area contributed by atoms with Crippen LogP contribution in [0, 0.1) is 12.8 Å². The van der Waals surface area contributed by atoms with E-state index in [1.807, 2.05) is 60.9 Å². The number of aryl methyl sites for hydroxylation is 1. The van der Waals surface area contributed by atoms with E-state index >= 15 is 4.79 Å². The molecule has 5 heterocycles. The molecule has 1 saturated heterocycles. The molecule has 2 saturated carbocycles. The summed E-state index contributed by atoms with van der Waals surface area (Å²) in [6, 6.07) is 11.2. The highest BCUT2D eigenvalue weighted by Gasteiger charge is 2.63. The zero-order valence-electron chi connectivity index (χ0n) is 36.1. The van der Waals surface area contributed by atoms with Crippen LogP contribution in [-0.4, -0.2) is 88.1 Å². The van der Waals surface area contributed by atoms with Gasteiger partial charge in [0.1, 0.15) is 51.4 Å². The Morgan fingerprint density at radius 2 is 1.87 bits per heavy atom. The van der Waals surface area contributed by atoms with Gasteiger partial charge in [0.05, 0.1) is 29.6 Å². The number of benzene rings is 2. The average molecular weight is 896 g/mol. The molecule has 3 aromatic heterocycles. The molecule has 0 unspecified atom stereocenters. The third kappa shape index (κ3) is 8.25. The van der Waals surface area contributed by atoms with Crippen molar-refractivity contribution in [2.75, 3.05) is 19.0 Å². The molecule has 17 heteroatoms. The van der Waals surface area contributed by atoms with E-state index in [1.54, 1.807) is 20.1 Å². The Labute approximate surface area is 370 Å². The summed E-state index contributed by atoms with van der Waals surface area (Å²) >= 11 is 1.49. The summed E-state index contributed by atoms with van der Waals surface area (Å²) in [5.41, 5.74) is 2.75. The number of nitrogens with zero attached hydrogens (tertiary/aromatic N) is 4. The van der Waals surface area contributed by atoms with Crippen molar-refractivity contribution in [1.29, 1.82) is 0 Å². The van der Waals surface area contributed by atoms with Crippen LogP contribution in [0.2, 0.25) is 0 Å². The third-order valence-electron chi connectivity index (χ3n) is 13.1. The maximum absolute atomic E-state index is 15.0. The van der Waals surface area contributed by atoms with Crippen molar-refractivity contribution >= 4 is 67.1 Å². The molecular formula is C46H53N7O8S2. The molecule has 3 fully saturated rings. The Balaban J connectivity index is 1.07. The standard InChI is InChI=1S/C46H53N7O8S2/c1-26(2)34-25-62-41(48-34)33-22-38(30-17-18-36(59-5)27(3)39(30)47-33)60-29-21-35-40(54)51-46(43(56)52-63(57,58)45(4)19-20-45)23-28(46)13-9-7-6-8-10-15-32(42(55)53(35)24-29)50-44-49-31-14-11-12-16-37(31)61-44/h9,11-14,16-18,22,25-26,28-29,32,35H,6-8,10,15,19-21,23-24H2,1-5H3,(H,49,50)(H,51,54)(H,52,56)/b13-9-/t28-,29+,32-,35-,46+/m0/s1. The molecule has 5 aromatic rings. The highest BCUT2D eigenvalue weighted by atomic mass is 32.2. The van der Waals surface area contributed by atoms with Crippen LogP contribution < -0.4 is 24.8 Å². The number of para-hydroxylation sites is 2. The zero-order chi connectivity index (χ0) is 44.3. The van der Waals surface area contributed by atoms with Gasteiger partial charge < -0.3 is 29.4 Å². The normalized spacial score (nSPS) is 25.4. The van der Waals surface area contributed by atoms with E-state index < -0.39 is 56.2 Å². The molecule has 0 bridgehead atoms. The van der Waals surface area contributed by atoms with E-state index in [0.29, 0.717) is 59.5 Å². The summed E-state index contributed by atoms with van der Waals surface area (Å²) in [5.74, 6) is -0.731. The number of rotatable bonds is 10. The van der Waals surface area contributed by atoms with Crippen molar-refractivity contribution in [3.8, 4) is 22.2 Å². The van der Waals surface area contributed by atoms with Crippen molar-refractivity contribution in [2.45, 2.75) is 120 Å². The second kappa shape index (κ2) is 16.5. The number of carbonyl (C=O) groups is 3. The minimum Gasteiger partial charge on any atom is -0.496 e. The minimum atomic E-state index is -4.00. The highest BCUT2D eigenvalue weighted by Crippen LogP contribution is 2.48. The summed E-state index contributed by atoms with van der Waals surface area (Å²) in [4.78, 5) is 59.9. The first kappa shape index (κ1) is 42.7. The van der Waals surface area contributed by atoms with Gasteiger partial charge in [0.25, 0.3) is 11.9 Å². The summed E-state index contributed by atoms with van der Waals surface area (Å²) in [6.07, 6.45) is 7.95. The van der Waals surface area contributed by atoms with E-state index in [0.717, 1.165) is 40.9 Å². The van der Waals surface area contributed by atoms with Gasteiger partial charge >= 0.3 is 0 Å². The monoisotopic (exact) mass is 895 g/mol. The van der Waals surface area contributed by atoms with Crippen LogP contribution in [0.25, 0.3) is 32.7 Å². The fourth-order valence-electron chi connectivity index (χ4n) is 8.69. The van der Waals surface area contributed by atoms with Gasteiger partial charge in [-0.25, -0.2) is 18.4 Å². The van der Waals surface area contributed by atoms with Crippen molar-refractivity contribution in [3.05, 3.63) is 71.3 Å². The molecule has 4 aliphatic rings. The van der Waals surface area contributed by atoms with Gasteiger partial charge in [-0.15, -0.1) is 11.3 Å². The smallest absolute Gasteiger partial charge is 0.296 e. The van der Waals surface area contributed by atoms with Gasteiger partial charge in [-0.1, -0.05) is 51.0 Å². The second-order valence-electron chi connectivity index (χ2n) is 17.9. The quantitative estimate of drug-likeness (QED) is 0.120. The lowest BCUT2D eigenvalue weighted by molar-refractivity contribution is -0.140. The second-order valence-corrected chi connectivity index (χ2v) is 21.0. The topological polar surface area (TPSA) is 195 Å². The fourth-order valence-corrected chi connectivity index (χ4v) is 10.9. The van der Waals surface area contributed by atoms with Gasteiger partial charge in [0, 0.05) is 34.7 Å². The Hall–Kier alpha value is -5.55. The lowest BCUT2D eigenvalue weighted by Gasteiger charge is -2.29. The first-order valence-corrected chi connectivity index (χ1v) is 24.1. The van der Waals surface area contributed by atoms with E-state index in [9.17, 15) is 18.0 Å². The number of oxazole rings is 1. The van der Waals surface area contributed by atoms with Crippen molar-refractivity contribution in [1.82, 2.24) is 29.9 Å². The van der Waals surface area contributed by atoms with Gasteiger partial charge in [0.2, 0.25) is 21.8 Å². The van der Waals surface area contributed by atoms with E-state index in [4.69, 9.17) is 23.9 Å². The van der Waals surface area contributed by atoms with Crippen LogP contribution in [-0.2, 0) is 24.4 Å². The SMILES string of the molecule is COc1ccc2c(O[C@@H]3C[C@H]4C(=O)N[C@]5(C(=O)NS(=O)(=O)C6(C)CC6)C[C@@H]5/C=C\CCCCC[C@H](Nc5nc6ccccc6o5)C(=O)N4C3)cc(-c3nc(C(C)C)cs3)nc2c1C. The number of allylic oxidation sites excluding steroid dienone is 1. The van der Waals surface area contributed by atoms with E-state index in [-0.39, 0.29) is 37.2 Å². The molecule has 3 N–H and O–H groups in total. The number of amides is 3. The number of pyridine rings is 1. The molecule has 9 rings (SSSR count). The number of anilines is 1. The number of hydrogen-bond donors (Lipinski definition) is 3. The first-order chi connectivity index (χ1) is 30.2. The molecule has 0 spiro atoms. The molecule has 63 heavy (non-hydrogen) atoms. The third-order valence-corrected chi connectivity index (χ3v) is 16.1. The predicted octanol–water partition coefficient (Wildman–Crippen LogP) is 7.16. The van der Waals surface area contributed by atoms with Crippen LogP contribution in [0.15, 0.2) is 64.4 Å². The number of ether oxygens (including phenoxy) is 2. The molecule has 15 nitrogen and oxygen atoms in total. The minimum absolute atomic E-state index is 0.0426. The first-order valence-electron chi connectivity index (χ1n) is 21.8. The van der Waals surface area contributed by atoms with Crippen molar-refractivity contribution in [3.63, 3.8) is 0 Å². The Kier molecular flexibility index (Phi) is 11.2. The zero-order valence-corrected chi connectivity index (χ0v) is 37.7. The van der Waals surface area contributed by atoms with Gasteiger partial charge in [-0.3, -0.25) is 19.1 Å².